The second kappa shape index (κ2) is 17.0. The van der Waals surface area contributed by atoms with Gasteiger partial charge in [0, 0.05) is 35.7 Å². The first kappa shape index (κ1) is 39.8. The normalized spacial score (nSPS) is 17.7. The minimum absolute atomic E-state index is 0.00254. The van der Waals surface area contributed by atoms with Gasteiger partial charge in [-0.3, -0.25) is 48.5 Å². The van der Waals surface area contributed by atoms with Crippen molar-refractivity contribution in [3.05, 3.63) is 99.6 Å². The molecular formula is C41H41ClN8O8. The lowest BCUT2D eigenvalue weighted by molar-refractivity contribution is -0.136. The van der Waals surface area contributed by atoms with Gasteiger partial charge in [-0.2, -0.15) is 0 Å². The summed E-state index contributed by atoms with van der Waals surface area (Å²) in [6, 6.07) is 15.8. The summed E-state index contributed by atoms with van der Waals surface area (Å²) >= 11 is 6.22. The number of aromatic nitrogens is 3. The van der Waals surface area contributed by atoms with Gasteiger partial charge in [-0.25, -0.2) is 0 Å². The maximum atomic E-state index is 13.6. The van der Waals surface area contributed by atoms with Crippen LogP contribution < -0.4 is 25.4 Å². The Morgan fingerprint density at radius 2 is 1.71 bits per heavy atom. The summed E-state index contributed by atoms with van der Waals surface area (Å²) < 4.78 is 13.1. The Kier molecular flexibility index (Phi) is 11.6. The van der Waals surface area contributed by atoms with E-state index >= 15 is 0 Å². The molecule has 1 fully saturated rings. The van der Waals surface area contributed by atoms with Crippen LogP contribution >= 0.6 is 11.6 Å². The fourth-order valence-electron chi connectivity index (χ4n) is 7.30. The van der Waals surface area contributed by atoms with Gasteiger partial charge in [-0.15, -0.1) is 10.2 Å². The molecule has 6 amide bonds. The Labute approximate surface area is 338 Å². The number of aryl methyl sites for hydroxylation is 1. The van der Waals surface area contributed by atoms with Gasteiger partial charge in [0.2, 0.25) is 17.7 Å². The number of unbranched alkanes of at least 4 members (excludes halogenated alkanes) is 2. The highest BCUT2D eigenvalue weighted by atomic mass is 35.5. The number of aliphatic imine (C=N–C) groups is 1. The number of carbonyl (C=O) groups is 6. The van der Waals surface area contributed by atoms with Crippen LogP contribution in [0.3, 0.4) is 0 Å². The van der Waals surface area contributed by atoms with Gasteiger partial charge in [-0.05, 0) is 75.1 Å². The van der Waals surface area contributed by atoms with Gasteiger partial charge < -0.3 is 20.1 Å². The number of imide groups is 2. The maximum absolute atomic E-state index is 13.6. The van der Waals surface area contributed by atoms with Gasteiger partial charge in [0.05, 0.1) is 35.6 Å². The number of nitrogens with zero attached hydrogens (tertiary/aromatic N) is 5. The number of halogens is 1. The van der Waals surface area contributed by atoms with Gasteiger partial charge in [-0.1, -0.05) is 36.7 Å². The molecule has 0 radical (unpaired) electrons. The fraction of sp³-hybridized carbons (Fsp3) is 0.341. The van der Waals surface area contributed by atoms with Crippen molar-refractivity contribution in [1.29, 1.82) is 0 Å². The number of carbonyl (C=O) groups excluding carboxylic acids is 6. The Morgan fingerprint density at radius 1 is 0.948 bits per heavy atom. The molecule has 1 saturated heterocycles. The molecule has 3 N–H and O–H groups in total. The fourth-order valence-corrected chi connectivity index (χ4v) is 7.43. The van der Waals surface area contributed by atoms with Crippen molar-refractivity contribution >= 4 is 52.8 Å². The summed E-state index contributed by atoms with van der Waals surface area (Å²) in [6.07, 6.45) is 2.03. The van der Waals surface area contributed by atoms with Gasteiger partial charge in [0.15, 0.2) is 12.4 Å². The molecular weight excluding hydrogens is 768 g/mol. The van der Waals surface area contributed by atoms with Crippen LogP contribution in [0.4, 0.5) is 0 Å². The van der Waals surface area contributed by atoms with E-state index < -0.39 is 54.1 Å². The highest BCUT2D eigenvalue weighted by Crippen LogP contribution is 2.37. The first-order valence-electron chi connectivity index (χ1n) is 18.9. The number of amides is 6. The highest BCUT2D eigenvalue weighted by molar-refractivity contribution is 6.30. The molecule has 0 aliphatic carbocycles. The van der Waals surface area contributed by atoms with Crippen molar-refractivity contribution in [1.82, 2.24) is 35.6 Å². The third kappa shape index (κ3) is 7.92. The van der Waals surface area contributed by atoms with Crippen molar-refractivity contribution in [3.63, 3.8) is 0 Å². The molecule has 0 bridgehead atoms. The number of methoxy groups -OCH3 is 1. The lowest BCUT2D eigenvalue weighted by Gasteiger charge is -2.27. The van der Waals surface area contributed by atoms with E-state index in [2.05, 4.69) is 26.1 Å². The minimum atomic E-state index is -1.11. The number of hydrogen-bond acceptors (Lipinski definition) is 11. The lowest BCUT2D eigenvalue weighted by Crippen LogP contribution is -2.54. The average Bonchev–Trinajstić information content (AvgIpc) is 3.66. The van der Waals surface area contributed by atoms with E-state index in [0.29, 0.717) is 60.5 Å². The molecule has 0 spiro atoms. The van der Waals surface area contributed by atoms with E-state index in [0.717, 1.165) is 21.7 Å². The maximum Gasteiger partial charge on any atom is 0.266 e. The summed E-state index contributed by atoms with van der Waals surface area (Å²) in [5, 5.41) is 17.4. The number of ether oxygens (including phenoxy) is 2. The molecule has 1 aromatic heterocycles. The molecule has 3 aliphatic heterocycles. The monoisotopic (exact) mass is 808 g/mol. The first-order chi connectivity index (χ1) is 28.0. The summed E-state index contributed by atoms with van der Waals surface area (Å²) in [6.45, 7) is 4.03. The zero-order chi connectivity index (χ0) is 41.1. The Hall–Kier alpha value is -6.42. The average molecular weight is 809 g/mol. The van der Waals surface area contributed by atoms with Crippen LogP contribution in [0.15, 0.2) is 65.7 Å². The van der Waals surface area contributed by atoms with Gasteiger partial charge >= 0.3 is 0 Å². The van der Waals surface area contributed by atoms with E-state index in [-0.39, 0.29) is 35.6 Å². The molecule has 1 unspecified atom stereocenters. The van der Waals surface area contributed by atoms with E-state index in [9.17, 15) is 28.8 Å². The highest BCUT2D eigenvalue weighted by Gasteiger charge is 2.46. The molecule has 58 heavy (non-hydrogen) atoms. The Morgan fingerprint density at radius 3 is 2.45 bits per heavy atom. The molecule has 300 valence electrons. The van der Waals surface area contributed by atoms with Crippen molar-refractivity contribution in [2.45, 2.75) is 58.0 Å². The second-order valence-corrected chi connectivity index (χ2v) is 14.6. The van der Waals surface area contributed by atoms with Gasteiger partial charge in [0.1, 0.15) is 29.4 Å². The SMILES string of the molecule is COc1ccc2c(c1)C(c1ccc(Cl)cc1)=N[C@@H]([C@@H](C)C(=O)NCCCCCNC(=O)COc1cccc3c1C(=O)N(C1CCC(=O)NC1=O)C3=O)c1nnc(C)n1-2. The van der Waals surface area contributed by atoms with Crippen molar-refractivity contribution in [2.24, 2.45) is 10.9 Å². The first-order valence-corrected chi connectivity index (χ1v) is 19.3. The van der Waals surface area contributed by atoms with E-state index in [1.165, 1.54) is 18.2 Å². The quantitative estimate of drug-likeness (QED) is 0.125. The zero-order valence-corrected chi connectivity index (χ0v) is 32.8. The van der Waals surface area contributed by atoms with Crippen LogP contribution in [-0.4, -0.2) is 93.7 Å². The lowest BCUT2D eigenvalue weighted by atomic mass is 9.98. The summed E-state index contributed by atoms with van der Waals surface area (Å²) in [4.78, 5) is 82.6. The smallest absolute Gasteiger partial charge is 0.266 e. The number of piperidine rings is 1. The minimum Gasteiger partial charge on any atom is -0.497 e. The standard InChI is InChI=1S/C41H41ClN8O8/c1-22(35-37-48-47-23(2)49(37)29-15-14-26(57-3)20-28(29)36(46-35)24-10-12-25(42)13-11-24)38(53)44-19-6-4-5-18-43-33(52)21-58-31-9-7-8-27-34(31)41(56)50(40(27)55)30-16-17-32(51)45-39(30)54/h7-15,20,22,30,35H,4-6,16-19,21H2,1-3H3,(H,43,52)(H,44,53)(H,45,51,54)/t22-,30?,35+/m1/s1. The largest absolute Gasteiger partial charge is 0.497 e. The topological polar surface area (TPSA) is 203 Å². The van der Waals surface area contributed by atoms with Crippen LogP contribution in [0.1, 0.15) is 88.6 Å². The van der Waals surface area contributed by atoms with Crippen molar-refractivity contribution < 1.29 is 38.2 Å². The molecule has 3 aromatic carbocycles. The van der Waals surface area contributed by atoms with Crippen LogP contribution in [-0.2, 0) is 19.2 Å². The third-order valence-electron chi connectivity index (χ3n) is 10.4. The molecule has 3 atom stereocenters. The second-order valence-electron chi connectivity index (χ2n) is 14.2. The number of rotatable bonds is 14. The molecule has 16 nitrogen and oxygen atoms in total. The molecule has 4 heterocycles. The third-order valence-corrected chi connectivity index (χ3v) is 10.6. The summed E-state index contributed by atoms with van der Waals surface area (Å²) in [5.74, 6) is -1.91. The van der Waals surface area contributed by atoms with E-state index in [1.54, 1.807) is 19.2 Å². The number of fused-ring (bicyclic) bond motifs is 4. The number of benzene rings is 3. The van der Waals surface area contributed by atoms with Crippen molar-refractivity contribution in [3.8, 4) is 17.2 Å². The van der Waals surface area contributed by atoms with E-state index in [1.807, 2.05) is 48.7 Å². The Bertz CT molecular complexity index is 2340. The predicted octanol–water partition coefficient (Wildman–Crippen LogP) is 3.65. The molecule has 4 aromatic rings. The zero-order valence-electron chi connectivity index (χ0n) is 32.0. The molecule has 7 rings (SSSR count). The number of nitrogens with one attached hydrogen (secondary N) is 3. The van der Waals surface area contributed by atoms with E-state index in [4.69, 9.17) is 26.1 Å². The molecule has 3 aliphatic rings. The van der Waals surface area contributed by atoms with Gasteiger partial charge in [0.25, 0.3) is 17.7 Å². The molecule has 17 heteroatoms. The summed E-state index contributed by atoms with van der Waals surface area (Å²) in [7, 11) is 1.60. The van der Waals surface area contributed by atoms with Crippen LogP contribution in [0.25, 0.3) is 5.69 Å². The Balaban J connectivity index is 0.903. The predicted molar refractivity (Wildman–Crippen MR) is 210 cm³/mol. The van der Waals surface area contributed by atoms with Crippen LogP contribution in [0.2, 0.25) is 5.02 Å². The van der Waals surface area contributed by atoms with Crippen molar-refractivity contribution in [2.75, 3.05) is 26.8 Å². The van der Waals surface area contributed by atoms with Crippen LogP contribution in [0.5, 0.6) is 11.5 Å². The number of hydrogen-bond donors (Lipinski definition) is 3. The summed E-state index contributed by atoms with van der Waals surface area (Å²) in [5.41, 5.74) is 3.13. The van der Waals surface area contributed by atoms with Crippen LogP contribution in [0, 0.1) is 12.8 Å². The molecule has 0 saturated carbocycles.